The third-order valence-electron chi connectivity index (χ3n) is 3.78. The molecule has 1 amide bonds. The number of carbonyl (C=O) groups excluding carboxylic acids is 1. The molecule has 0 atom stereocenters. The third-order valence-corrected chi connectivity index (χ3v) is 4.93. The Morgan fingerprint density at radius 2 is 1.96 bits per heavy atom. The number of halogens is 1. The molecule has 3 rings (SSSR count). The minimum absolute atomic E-state index is 0.179. The van der Waals surface area contributed by atoms with E-state index in [4.69, 9.17) is 16.3 Å². The van der Waals surface area contributed by atoms with Gasteiger partial charge in [-0.3, -0.25) is 4.79 Å². The van der Waals surface area contributed by atoms with Gasteiger partial charge in [-0.2, -0.15) is 0 Å². The minimum atomic E-state index is -0.179. The zero-order valence-electron chi connectivity index (χ0n) is 14.6. The fourth-order valence-corrected chi connectivity index (χ4v) is 3.48. The predicted octanol–water partition coefficient (Wildman–Crippen LogP) is 5.19. The molecular weight excluding hydrogens is 368 g/mol. The van der Waals surface area contributed by atoms with E-state index in [0.29, 0.717) is 27.5 Å². The van der Waals surface area contributed by atoms with Crippen molar-refractivity contribution in [1.29, 1.82) is 0 Å². The number of hydrogen-bond donors (Lipinski definition) is 1. The van der Waals surface area contributed by atoms with Gasteiger partial charge in [-0.15, -0.1) is 0 Å². The van der Waals surface area contributed by atoms with Gasteiger partial charge in [0.2, 0.25) is 0 Å². The number of carbonyl (C=O) groups is 1. The first-order valence-electron chi connectivity index (χ1n) is 8.40. The van der Waals surface area contributed by atoms with E-state index in [1.165, 1.54) is 17.3 Å². The molecule has 0 spiro atoms. The molecule has 2 aromatic carbocycles. The second-order valence-corrected chi connectivity index (χ2v) is 7.08. The van der Waals surface area contributed by atoms with Gasteiger partial charge in [-0.1, -0.05) is 30.7 Å². The number of nitrogens with zero attached hydrogens (tertiary/aromatic N) is 1. The number of amides is 1. The van der Waals surface area contributed by atoms with Crippen LogP contribution in [0.2, 0.25) is 5.02 Å². The maximum absolute atomic E-state index is 12.3. The molecule has 4 nitrogen and oxygen atoms in total. The molecule has 1 saturated heterocycles. The standard InChI is InChI=1S/C20H19ClN2O2S/c1-3-13-5-8-16(9-6-13)22-20-23-19(24)18(26-20)12-14-11-15(21)7-10-17(14)25-4-2/h5-12H,3-4H2,1-2H3,(H,22,23,24)/b18-12-. The summed E-state index contributed by atoms with van der Waals surface area (Å²) in [6.07, 6.45) is 2.76. The highest BCUT2D eigenvalue weighted by molar-refractivity contribution is 8.18. The highest BCUT2D eigenvalue weighted by atomic mass is 35.5. The van der Waals surface area contributed by atoms with Crippen LogP contribution in [0.1, 0.15) is 25.0 Å². The number of amidine groups is 1. The fraction of sp³-hybridized carbons (Fsp3) is 0.200. The summed E-state index contributed by atoms with van der Waals surface area (Å²) in [6.45, 7) is 4.56. The number of hydrogen-bond acceptors (Lipinski definition) is 4. The smallest absolute Gasteiger partial charge is 0.264 e. The van der Waals surface area contributed by atoms with Gasteiger partial charge in [0.1, 0.15) is 5.75 Å². The lowest BCUT2D eigenvalue weighted by Crippen LogP contribution is -2.19. The lowest BCUT2D eigenvalue weighted by atomic mass is 10.2. The van der Waals surface area contributed by atoms with Gasteiger partial charge in [0, 0.05) is 10.6 Å². The van der Waals surface area contributed by atoms with Crippen molar-refractivity contribution in [3.8, 4) is 5.75 Å². The molecule has 1 N–H and O–H groups in total. The molecule has 0 aliphatic carbocycles. The molecule has 1 heterocycles. The van der Waals surface area contributed by atoms with Crippen molar-refractivity contribution in [2.75, 3.05) is 6.61 Å². The van der Waals surface area contributed by atoms with Crippen LogP contribution in [-0.4, -0.2) is 17.7 Å². The maximum Gasteiger partial charge on any atom is 0.264 e. The summed E-state index contributed by atoms with van der Waals surface area (Å²) in [7, 11) is 0. The second-order valence-electron chi connectivity index (χ2n) is 5.62. The third kappa shape index (κ3) is 4.48. The summed E-state index contributed by atoms with van der Waals surface area (Å²) >= 11 is 7.39. The summed E-state index contributed by atoms with van der Waals surface area (Å²) < 4.78 is 5.61. The molecule has 0 aromatic heterocycles. The summed E-state index contributed by atoms with van der Waals surface area (Å²) in [4.78, 5) is 17.3. The van der Waals surface area contributed by atoms with E-state index in [9.17, 15) is 4.79 Å². The van der Waals surface area contributed by atoms with Crippen molar-refractivity contribution in [2.45, 2.75) is 20.3 Å². The summed E-state index contributed by atoms with van der Waals surface area (Å²) in [5, 5.41) is 3.95. The lowest BCUT2D eigenvalue weighted by Gasteiger charge is -2.07. The monoisotopic (exact) mass is 386 g/mol. The Kier molecular flexibility index (Phi) is 6.01. The van der Waals surface area contributed by atoms with Gasteiger partial charge in [0.25, 0.3) is 5.91 Å². The summed E-state index contributed by atoms with van der Waals surface area (Å²) in [5.41, 5.74) is 2.83. The van der Waals surface area contributed by atoms with Crippen molar-refractivity contribution < 1.29 is 9.53 Å². The van der Waals surface area contributed by atoms with E-state index < -0.39 is 0 Å². The fourth-order valence-electron chi connectivity index (χ4n) is 2.46. The molecule has 0 saturated carbocycles. The molecule has 0 bridgehead atoms. The molecule has 26 heavy (non-hydrogen) atoms. The molecule has 134 valence electrons. The van der Waals surface area contributed by atoms with Gasteiger partial charge in [0.15, 0.2) is 5.17 Å². The van der Waals surface area contributed by atoms with E-state index in [1.807, 2.05) is 31.2 Å². The molecule has 2 aromatic rings. The number of rotatable bonds is 5. The molecule has 1 fully saturated rings. The van der Waals surface area contributed by atoms with Gasteiger partial charge in [0.05, 0.1) is 17.2 Å². The van der Waals surface area contributed by atoms with Crippen molar-refractivity contribution in [3.63, 3.8) is 0 Å². The SMILES string of the molecule is CCOc1ccc(Cl)cc1/C=C1\SC(=Nc2ccc(CC)cc2)NC1=O. The van der Waals surface area contributed by atoms with Crippen LogP contribution >= 0.6 is 23.4 Å². The summed E-state index contributed by atoms with van der Waals surface area (Å²) in [6, 6.07) is 13.3. The van der Waals surface area contributed by atoms with Crippen molar-refractivity contribution in [3.05, 3.63) is 63.5 Å². The number of benzene rings is 2. The molecule has 1 aliphatic rings. The Labute approximate surface area is 162 Å². The average Bonchev–Trinajstić information content (AvgIpc) is 2.97. The molecular formula is C20H19ClN2O2S. The molecule has 0 unspecified atom stereocenters. The normalized spacial score (nSPS) is 17.0. The van der Waals surface area contributed by atoms with Crippen LogP contribution in [0, 0.1) is 0 Å². The first-order valence-corrected chi connectivity index (χ1v) is 9.59. The van der Waals surface area contributed by atoms with E-state index in [2.05, 4.69) is 17.2 Å². The first-order chi connectivity index (χ1) is 12.6. The zero-order valence-corrected chi connectivity index (χ0v) is 16.2. The molecule has 0 radical (unpaired) electrons. The highest BCUT2D eigenvalue weighted by Crippen LogP contribution is 2.32. The van der Waals surface area contributed by atoms with Crippen molar-refractivity contribution in [1.82, 2.24) is 5.32 Å². The van der Waals surface area contributed by atoms with Crippen LogP contribution in [-0.2, 0) is 11.2 Å². The predicted molar refractivity (Wildman–Crippen MR) is 109 cm³/mol. The summed E-state index contributed by atoms with van der Waals surface area (Å²) in [5.74, 6) is 0.514. The zero-order chi connectivity index (χ0) is 18.5. The Balaban J connectivity index is 1.84. The van der Waals surface area contributed by atoms with E-state index >= 15 is 0 Å². The highest BCUT2D eigenvalue weighted by Gasteiger charge is 2.24. The van der Waals surface area contributed by atoms with E-state index in [1.54, 1.807) is 24.3 Å². The van der Waals surface area contributed by atoms with Gasteiger partial charge in [-0.05, 0) is 67.1 Å². The van der Waals surface area contributed by atoms with E-state index in [-0.39, 0.29) is 5.91 Å². The molecule has 6 heteroatoms. The number of aryl methyl sites for hydroxylation is 1. The Bertz CT molecular complexity index is 876. The number of aliphatic imine (C=N–C) groups is 1. The topological polar surface area (TPSA) is 50.7 Å². The number of thioether (sulfide) groups is 1. The Hall–Kier alpha value is -2.24. The number of ether oxygens (including phenoxy) is 1. The van der Waals surface area contributed by atoms with Crippen LogP contribution in [0.15, 0.2) is 52.4 Å². The molecule has 1 aliphatic heterocycles. The number of nitrogens with one attached hydrogen (secondary N) is 1. The van der Waals surface area contributed by atoms with Crippen molar-refractivity contribution >= 4 is 46.2 Å². The van der Waals surface area contributed by atoms with Gasteiger partial charge >= 0.3 is 0 Å². The Morgan fingerprint density at radius 1 is 1.19 bits per heavy atom. The van der Waals surface area contributed by atoms with Crippen LogP contribution in [0.4, 0.5) is 5.69 Å². The quantitative estimate of drug-likeness (QED) is 0.719. The average molecular weight is 387 g/mol. The van der Waals surface area contributed by atoms with Crippen LogP contribution in [0.25, 0.3) is 6.08 Å². The largest absolute Gasteiger partial charge is 0.493 e. The first kappa shape index (κ1) is 18.5. The van der Waals surface area contributed by atoms with Gasteiger partial charge < -0.3 is 10.1 Å². The van der Waals surface area contributed by atoms with E-state index in [0.717, 1.165) is 17.7 Å². The lowest BCUT2D eigenvalue weighted by molar-refractivity contribution is -0.115. The minimum Gasteiger partial charge on any atom is -0.493 e. The second kappa shape index (κ2) is 8.43. The Morgan fingerprint density at radius 3 is 2.65 bits per heavy atom. The van der Waals surface area contributed by atoms with Crippen LogP contribution < -0.4 is 10.1 Å². The van der Waals surface area contributed by atoms with Crippen LogP contribution in [0.5, 0.6) is 5.75 Å². The maximum atomic E-state index is 12.3. The van der Waals surface area contributed by atoms with Gasteiger partial charge in [-0.25, -0.2) is 4.99 Å². The van der Waals surface area contributed by atoms with Crippen LogP contribution in [0.3, 0.4) is 0 Å². The van der Waals surface area contributed by atoms with Crippen molar-refractivity contribution in [2.24, 2.45) is 4.99 Å².